The Kier molecular flexibility index (Phi) is 1.95. The zero-order valence-corrected chi connectivity index (χ0v) is 8.66. The first-order valence-electron chi connectivity index (χ1n) is 4.80. The molecule has 0 atom stereocenters. The Morgan fingerprint density at radius 3 is 2.71 bits per heavy atom. The first-order valence-corrected chi connectivity index (χ1v) is 4.80. The van der Waals surface area contributed by atoms with Crippen LogP contribution in [0.15, 0.2) is 23.0 Å². The van der Waals surface area contributed by atoms with Gasteiger partial charge in [0, 0.05) is 6.04 Å². The lowest BCUT2D eigenvalue weighted by Crippen LogP contribution is -2.18. The van der Waals surface area contributed by atoms with Gasteiger partial charge in [0.05, 0.1) is 11.0 Å². The van der Waals surface area contributed by atoms with E-state index < -0.39 is 0 Å². The average molecular weight is 190 g/mol. The maximum atomic E-state index is 11.6. The van der Waals surface area contributed by atoms with Crippen molar-refractivity contribution in [1.82, 2.24) is 9.55 Å². The van der Waals surface area contributed by atoms with Crippen LogP contribution < -0.4 is 5.69 Å². The molecule has 1 heterocycles. The minimum absolute atomic E-state index is 0.0272. The molecule has 0 aliphatic rings. The summed E-state index contributed by atoms with van der Waals surface area (Å²) in [4.78, 5) is 14.5. The highest BCUT2D eigenvalue weighted by atomic mass is 16.1. The maximum Gasteiger partial charge on any atom is 0.326 e. The van der Waals surface area contributed by atoms with Crippen LogP contribution in [0.25, 0.3) is 11.0 Å². The number of hydrogen-bond acceptors (Lipinski definition) is 1. The lowest BCUT2D eigenvalue weighted by Gasteiger charge is -2.06. The summed E-state index contributed by atoms with van der Waals surface area (Å²) in [6.45, 7) is 6.04. The number of nitrogens with zero attached hydrogens (tertiary/aromatic N) is 1. The van der Waals surface area contributed by atoms with Crippen LogP contribution in [0.5, 0.6) is 0 Å². The largest absolute Gasteiger partial charge is 0.326 e. The second-order valence-corrected chi connectivity index (χ2v) is 3.91. The highest BCUT2D eigenvalue weighted by Gasteiger charge is 2.08. The SMILES string of the molecule is Cc1ccc2c(c1)[nH]c(=O)n2C(C)C. The van der Waals surface area contributed by atoms with Crippen molar-refractivity contribution >= 4 is 11.0 Å². The molecular formula is C11H14N2O. The van der Waals surface area contributed by atoms with Crippen LogP contribution in [-0.2, 0) is 0 Å². The van der Waals surface area contributed by atoms with Gasteiger partial charge in [0.15, 0.2) is 0 Å². The summed E-state index contributed by atoms with van der Waals surface area (Å²) < 4.78 is 1.77. The third-order valence-electron chi connectivity index (χ3n) is 2.39. The van der Waals surface area contributed by atoms with Crippen LogP contribution in [0.2, 0.25) is 0 Å². The Labute approximate surface area is 82.4 Å². The van der Waals surface area contributed by atoms with Crippen LogP contribution in [0.3, 0.4) is 0 Å². The molecule has 1 N–H and O–H groups in total. The standard InChI is InChI=1S/C11H14N2O/c1-7(2)13-10-5-4-8(3)6-9(10)12-11(13)14/h4-7H,1-3H3,(H,12,14). The summed E-state index contributed by atoms with van der Waals surface area (Å²) in [5, 5.41) is 0. The number of benzene rings is 1. The van der Waals surface area contributed by atoms with Crippen LogP contribution in [0, 0.1) is 6.92 Å². The highest BCUT2D eigenvalue weighted by molar-refractivity contribution is 5.76. The number of aromatic nitrogens is 2. The van der Waals surface area contributed by atoms with E-state index in [9.17, 15) is 4.79 Å². The van der Waals surface area contributed by atoms with Crippen molar-refractivity contribution in [3.63, 3.8) is 0 Å². The minimum atomic E-state index is -0.0272. The number of aromatic amines is 1. The molecular weight excluding hydrogens is 176 g/mol. The van der Waals surface area contributed by atoms with E-state index in [2.05, 4.69) is 4.98 Å². The second-order valence-electron chi connectivity index (χ2n) is 3.91. The molecule has 2 aromatic rings. The average Bonchev–Trinajstić information content (AvgIpc) is 2.39. The second kappa shape index (κ2) is 3.01. The van der Waals surface area contributed by atoms with E-state index in [-0.39, 0.29) is 11.7 Å². The van der Waals surface area contributed by atoms with E-state index in [1.807, 2.05) is 39.0 Å². The summed E-state index contributed by atoms with van der Waals surface area (Å²) in [5.41, 5.74) is 3.04. The van der Waals surface area contributed by atoms with Crippen LogP contribution in [0.4, 0.5) is 0 Å². The first-order chi connectivity index (χ1) is 6.59. The smallest absolute Gasteiger partial charge is 0.306 e. The van der Waals surface area contributed by atoms with Crippen molar-refractivity contribution in [3.8, 4) is 0 Å². The molecule has 0 saturated heterocycles. The molecule has 2 rings (SSSR count). The van der Waals surface area contributed by atoms with Gasteiger partial charge in [0.1, 0.15) is 0 Å². The van der Waals surface area contributed by atoms with Crippen molar-refractivity contribution in [1.29, 1.82) is 0 Å². The quantitative estimate of drug-likeness (QED) is 0.735. The number of aryl methyl sites for hydroxylation is 1. The topological polar surface area (TPSA) is 37.8 Å². The summed E-state index contributed by atoms with van der Waals surface area (Å²) in [6, 6.07) is 6.20. The van der Waals surface area contributed by atoms with Crippen LogP contribution in [-0.4, -0.2) is 9.55 Å². The van der Waals surface area contributed by atoms with Gasteiger partial charge in [0.2, 0.25) is 0 Å². The van der Waals surface area contributed by atoms with E-state index in [0.29, 0.717) is 0 Å². The molecule has 0 amide bonds. The van der Waals surface area contributed by atoms with Crippen molar-refractivity contribution in [2.24, 2.45) is 0 Å². The first kappa shape index (κ1) is 9.06. The third kappa shape index (κ3) is 1.25. The molecule has 1 aromatic carbocycles. The lowest BCUT2D eigenvalue weighted by atomic mass is 10.2. The monoisotopic (exact) mass is 190 g/mol. The number of hydrogen-bond donors (Lipinski definition) is 1. The molecule has 0 bridgehead atoms. The fourth-order valence-electron chi connectivity index (χ4n) is 1.76. The van der Waals surface area contributed by atoms with Gasteiger partial charge in [-0.3, -0.25) is 4.57 Å². The summed E-state index contributed by atoms with van der Waals surface area (Å²) >= 11 is 0. The Hall–Kier alpha value is -1.51. The van der Waals surface area contributed by atoms with Gasteiger partial charge < -0.3 is 4.98 Å². The number of nitrogens with one attached hydrogen (secondary N) is 1. The molecule has 0 aliphatic carbocycles. The molecule has 0 saturated carbocycles. The predicted octanol–water partition coefficient (Wildman–Crippen LogP) is 2.22. The minimum Gasteiger partial charge on any atom is -0.306 e. The molecule has 74 valence electrons. The highest BCUT2D eigenvalue weighted by Crippen LogP contribution is 2.15. The number of rotatable bonds is 1. The number of fused-ring (bicyclic) bond motifs is 1. The van der Waals surface area contributed by atoms with Gasteiger partial charge in [-0.15, -0.1) is 0 Å². The van der Waals surface area contributed by atoms with E-state index in [4.69, 9.17) is 0 Å². The van der Waals surface area contributed by atoms with Crippen LogP contribution >= 0.6 is 0 Å². The van der Waals surface area contributed by atoms with E-state index >= 15 is 0 Å². The van der Waals surface area contributed by atoms with E-state index in [0.717, 1.165) is 16.6 Å². The van der Waals surface area contributed by atoms with Crippen molar-refractivity contribution < 1.29 is 0 Å². The maximum absolute atomic E-state index is 11.6. The molecule has 0 unspecified atom stereocenters. The fraction of sp³-hybridized carbons (Fsp3) is 0.364. The molecule has 1 aromatic heterocycles. The van der Waals surface area contributed by atoms with Crippen molar-refractivity contribution in [3.05, 3.63) is 34.2 Å². The summed E-state index contributed by atoms with van der Waals surface area (Å²) in [5.74, 6) is 0. The number of imidazole rings is 1. The van der Waals surface area contributed by atoms with Gasteiger partial charge in [0.25, 0.3) is 0 Å². The Bertz CT molecular complexity index is 520. The Balaban J connectivity index is 2.84. The fourth-order valence-corrected chi connectivity index (χ4v) is 1.76. The Morgan fingerprint density at radius 2 is 2.07 bits per heavy atom. The molecule has 0 spiro atoms. The predicted molar refractivity (Wildman–Crippen MR) is 57.7 cm³/mol. The van der Waals surface area contributed by atoms with Gasteiger partial charge in [-0.1, -0.05) is 6.07 Å². The molecule has 0 aliphatic heterocycles. The summed E-state index contributed by atoms with van der Waals surface area (Å²) in [6.07, 6.45) is 0. The third-order valence-corrected chi connectivity index (χ3v) is 2.39. The lowest BCUT2D eigenvalue weighted by molar-refractivity contribution is 0.598. The van der Waals surface area contributed by atoms with Crippen molar-refractivity contribution in [2.45, 2.75) is 26.8 Å². The number of H-pyrrole nitrogens is 1. The van der Waals surface area contributed by atoms with Gasteiger partial charge in [-0.05, 0) is 38.5 Å². The van der Waals surface area contributed by atoms with Gasteiger partial charge >= 0.3 is 5.69 Å². The van der Waals surface area contributed by atoms with Gasteiger partial charge in [-0.25, -0.2) is 4.79 Å². The normalized spacial score (nSPS) is 11.4. The Morgan fingerprint density at radius 1 is 1.36 bits per heavy atom. The van der Waals surface area contributed by atoms with E-state index in [1.54, 1.807) is 4.57 Å². The zero-order valence-electron chi connectivity index (χ0n) is 8.66. The molecule has 0 fully saturated rings. The molecule has 3 heteroatoms. The summed E-state index contributed by atoms with van der Waals surface area (Å²) in [7, 11) is 0. The molecule has 0 radical (unpaired) electrons. The van der Waals surface area contributed by atoms with Crippen molar-refractivity contribution in [2.75, 3.05) is 0 Å². The van der Waals surface area contributed by atoms with Crippen LogP contribution in [0.1, 0.15) is 25.5 Å². The van der Waals surface area contributed by atoms with E-state index in [1.165, 1.54) is 0 Å². The molecule has 14 heavy (non-hydrogen) atoms. The molecule has 3 nitrogen and oxygen atoms in total. The van der Waals surface area contributed by atoms with Gasteiger partial charge in [-0.2, -0.15) is 0 Å². The zero-order chi connectivity index (χ0) is 10.3.